The molecule has 0 saturated carbocycles. The van der Waals surface area contributed by atoms with Crippen molar-refractivity contribution in [2.45, 2.75) is 18.4 Å². The van der Waals surface area contributed by atoms with Crippen molar-refractivity contribution in [2.24, 2.45) is 5.92 Å². The van der Waals surface area contributed by atoms with Gasteiger partial charge in [0.25, 0.3) is 0 Å². The topological polar surface area (TPSA) is 52.6 Å². The maximum atomic E-state index is 12.4. The molecule has 0 radical (unpaired) electrons. The third-order valence-electron chi connectivity index (χ3n) is 2.58. The predicted octanol–water partition coefficient (Wildman–Crippen LogP) is 1.68. The number of halogens is 6. The van der Waals surface area contributed by atoms with Gasteiger partial charge in [-0.3, -0.25) is 0 Å². The minimum Gasteiger partial charge on any atom is -0.465 e. The summed E-state index contributed by atoms with van der Waals surface area (Å²) in [4.78, 5) is 11.1. The number of hydrogen-bond donors (Lipinski definition) is 2. The molecule has 1 fully saturated rings. The Kier molecular flexibility index (Phi) is 3.99. The number of piperazine rings is 1. The van der Waals surface area contributed by atoms with Crippen molar-refractivity contribution < 1.29 is 36.2 Å². The zero-order valence-electron chi connectivity index (χ0n) is 8.85. The van der Waals surface area contributed by atoms with Gasteiger partial charge in [0, 0.05) is 25.7 Å². The summed E-state index contributed by atoms with van der Waals surface area (Å²) in [5, 5.41) is 10.7. The first-order valence-corrected chi connectivity index (χ1v) is 4.88. The summed E-state index contributed by atoms with van der Waals surface area (Å²) in [6, 6.07) is -2.02. The minimum atomic E-state index is -5.47. The van der Waals surface area contributed by atoms with Crippen molar-refractivity contribution >= 4 is 6.09 Å². The largest absolute Gasteiger partial charge is 0.465 e. The fourth-order valence-corrected chi connectivity index (χ4v) is 1.82. The number of carbonyl (C=O) groups is 1. The van der Waals surface area contributed by atoms with Crippen LogP contribution in [0.25, 0.3) is 0 Å². The van der Waals surface area contributed by atoms with Gasteiger partial charge in [-0.15, -0.1) is 0 Å². The van der Waals surface area contributed by atoms with Crippen molar-refractivity contribution in [1.82, 2.24) is 10.2 Å². The quantitative estimate of drug-likeness (QED) is 0.718. The van der Waals surface area contributed by atoms with Gasteiger partial charge in [-0.05, 0) is 0 Å². The SMILES string of the molecule is O=C(O)N1CCNC(C(C(F)(F)F)C(F)(F)F)C1. The second-order valence-electron chi connectivity index (χ2n) is 3.85. The number of nitrogens with one attached hydrogen (secondary N) is 1. The molecule has 0 aromatic rings. The van der Waals surface area contributed by atoms with E-state index in [9.17, 15) is 31.1 Å². The Morgan fingerprint density at radius 3 is 2.11 bits per heavy atom. The third-order valence-corrected chi connectivity index (χ3v) is 2.58. The Balaban J connectivity index is 2.90. The van der Waals surface area contributed by atoms with Gasteiger partial charge in [0.05, 0.1) is 0 Å². The Morgan fingerprint density at radius 1 is 1.22 bits per heavy atom. The number of alkyl halides is 6. The van der Waals surface area contributed by atoms with E-state index in [1.54, 1.807) is 0 Å². The highest BCUT2D eigenvalue weighted by Gasteiger charge is 2.60. The van der Waals surface area contributed by atoms with Gasteiger partial charge in [-0.2, -0.15) is 26.3 Å². The fraction of sp³-hybridized carbons (Fsp3) is 0.875. The molecule has 1 rings (SSSR count). The van der Waals surface area contributed by atoms with Crippen molar-refractivity contribution in [3.63, 3.8) is 0 Å². The van der Waals surface area contributed by atoms with Crippen LogP contribution in [-0.4, -0.2) is 54.1 Å². The molecule has 106 valence electrons. The number of amides is 1. The van der Waals surface area contributed by atoms with Gasteiger partial charge in [0.1, 0.15) is 0 Å². The molecule has 1 aliphatic rings. The average molecular weight is 280 g/mol. The molecule has 1 aliphatic heterocycles. The molecule has 0 aromatic carbocycles. The van der Waals surface area contributed by atoms with Crippen LogP contribution in [0.2, 0.25) is 0 Å². The highest BCUT2D eigenvalue weighted by Crippen LogP contribution is 2.41. The van der Waals surface area contributed by atoms with Crippen LogP contribution in [0, 0.1) is 5.92 Å². The van der Waals surface area contributed by atoms with Crippen molar-refractivity contribution in [2.75, 3.05) is 19.6 Å². The monoisotopic (exact) mass is 280 g/mol. The number of nitrogens with zero attached hydrogens (tertiary/aromatic N) is 1. The lowest BCUT2D eigenvalue weighted by molar-refractivity contribution is -0.293. The maximum Gasteiger partial charge on any atom is 0.407 e. The molecule has 10 heteroatoms. The summed E-state index contributed by atoms with van der Waals surface area (Å²) in [5.74, 6) is -3.58. The van der Waals surface area contributed by atoms with E-state index in [4.69, 9.17) is 5.11 Å². The summed E-state index contributed by atoms with van der Waals surface area (Å²) in [7, 11) is 0. The van der Waals surface area contributed by atoms with E-state index >= 15 is 0 Å². The molecule has 18 heavy (non-hydrogen) atoms. The fourth-order valence-electron chi connectivity index (χ4n) is 1.82. The highest BCUT2D eigenvalue weighted by atomic mass is 19.4. The predicted molar refractivity (Wildman–Crippen MR) is 47.0 cm³/mol. The van der Waals surface area contributed by atoms with E-state index in [-0.39, 0.29) is 13.1 Å². The zero-order valence-corrected chi connectivity index (χ0v) is 8.85. The second-order valence-corrected chi connectivity index (χ2v) is 3.85. The number of hydrogen-bond acceptors (Lipinski definition) is 2. The van der Waals surface area contributed by atoms with Crippen molar-refractivity contribution in [3.8, 4) is 0 Å². The average Bonchev–Trinajstić information content (AvgIpc) is 2.13. The summed E-state index contributed by atoms with van der Waals surface area (Å²) in [6.07, 6.45) is -12.5. The standard InChI is InChI=1S/C8H10F6N2O2/c9-7(10,11)5(8(12,13)14)4-3-16(6(17)18)2-1-15-4/h4-5,15H,1-3H2,(H,17,18). The van der Waals surface area contributed by atoms with E-state index in [2.05, 4.69) is 5.32 Å². The van der Waals surface area contributed by atoms with E-state index < -0.39 is 37.0 Å². The highest BCUT2D eigenvalue weighted by molar-refractivity contribution is 5.65. The summed E-state index contributed by atoms with van der Waals surface area (Å²) >= 11 is 0. The zero-order chi connectivity index (χ0) is 14.1. The van der Waals surface area contributed by atoms with Crippen LogP contribution in [-0.2, 0) is 0 Å². The van der Waals surface area contributed by atoms with E-state index in [1.807, 2.05) is 0 Å². The summed E-state index contributed by atoms with van der Waals surface area (Å²) in [6.45, 7) is -1.24. The molecule has 0 spiro atoms. The molecule has 1 unspecified atom stereocenters. The molecule has 0 bridgehead atoms. The van der Waals surface area contributed by atoms with Crippen LogP contribution in [0.15, 0.2) is 0 Å². The number of carboxylic acid groups (broad SMARTS) is 1. The van der Waals surface area contributed by atoms with E-state index in [0.717, 1.165) is 0 Å². The van der Waals surface area contributed by atoms with Gasteiger partial charge < -0.3 is 15.3 Å². The Hall–Kier alpha value is -1.19. The molecular formula is C8H10F6N2O2. The molecule has 0 aromatic heterocycles. The summed E-state index contributed by atoms with van der Waals surface area (Å²) < 4.78 is 74.4. The maximum absolute atomic E-state index is 12.4. The lowest BCUT2D eigenvalue weighted by atomic mass is 9.96. The number of rotatable bonds is 1. The lowest BCUT2D eigenvalue weighted by Crippen LogP contribution is -2.60. The Morgan fingerprint density at radius 2 is 1.72 bits per heavy atom. The molecule has 1 heterocycles. The van der Waals surface area contributed by atoms with Crippen LogP contribution in [0.5, 0.6) is 0 Å². The third kappa shape index (κ3) is 3.40. The first-order chi connectivity index (χ1) is 8.03. The first-order valence-electron chi connectivity index (χ1n) is 4.88. The van der Waals surface area contributed by atoms with Gasteiger partial charge in [0.15, 0.2) is 5.92 Å². The molecule has 4 nitrogen and oxygen atoms in total. The second kappa shape index (κ2) is 4.82. The van der Waals surface area contributed by atoms with Crippen molar-refractivity contribution in [1.29, 1.82) is 0 Å². The van der Waals surface area contributed by atoms with E-state index in [1.165, 1.54) is 0 Å². The minimum absolute atomic E-state index is 0.145. The molecular weight excluding hydrogens is 270 g/mol. The lowest BCUT2D eigenvalue weighted by Gasteiger charge is -2.37. The Bertz CT molecular complexity index is 302. The first kappa shape index (κ1) is 14.9. The van der Waals surface area contributed by atoms with Crippen LogP contribution in [0.4, 0.5) is 31.1 Å². The van der Waals surface area contributed by atoms with Gasteiger partial charge >= 0.3 is 18.4 Å². The molecule has 0 aliphatic carbocycles. The van der Waals surface area contributed by atoms with Crippen LogP contribution < -0.4 is 5.32 Å². The summed E-state index contributed by atoms with van der Waals surface area (Å²) in [5.41, 5.74) is 0. The van der Waals surface area contributed by atoms with Crippen molar-refractivity contribution in [3.05, 3.63) is 0 Å². The normalized spacial score (nSPS) is 22.4. The van der Waals surface area contributed by atoms with Crippen LogP contribution in [0.1, 0.15) is 0 Å². The van der Waals surface area contributed by atoms with E-state index in [0.29, 0.717) is 4.90 Å². The van der Waals surface area contributed by atoms with Gasteiger partial charge in [-0.25, -0.2) is 4.79 Å². The molecule has 2 N–H and O–H groups in total. The van der Waals surface area contributed by atoms with Gasteiger partial charge in [0.2, 0.25) is 0 Å². The molecule has 1 amide bonds. The van der Waals surface area contributed by atoms with Crippen LogP contribution >= 0.6 is 0 Å². The van der Waals surface area contributed by atoms with Gasteiger partial charge in [-0.1, -0.05) is 0 Å². The Labute approximate surface area is 97.5 Å². The molecule has 1 saturated heterocycles. The molecule has 1 atom stereocenters. The van der Waals surface area contributed by atoms with Crippen LogP contribution in [0.3, 0.4) is 0 Å². The smallest absolute Gasteiger partial charge is 0.407 e.